The Morgan fingerprint density at radius 3 is 2.32 bits per heavy atom. The molecule has 0 radical (unpaired) electrons. The van der Waals surface area contributed by atoms with Crippen LogP contribution >= 0.6 is 0 Å². The molecule has 3 N–H and O–H groups in total. The van der Waals surface area contributed by atoms with E-state index in [1.807, 2.05) is 31.2 Å². The van der Waals surface area contributed by atoms with E-state index in [0.29, 0.717) is 5.82 Å². The maximum Gasteiger partial charge on any atom is 0.262 e. The van der Waals surface area contributed by atoms with Crippen LogP contribution < -0.4 is 15.4 Å². The summed E-state index contributed by atoms with van der Waals surface area (Å²) in [6.45, 7) is 1.93. The fraction of sp³-hybridized carbons (Fsp3) is 0.100. The van der Waals surface area contributed by atoms with E-state index in [-0.39, 0.29) is 22.1 Å². The lowest BCUT2D eigenvalue weighted by atomic mass is 10.2. The summed E-state index contributed by atoms with van der Waals surface area (Å²) in [6.07, 6.45) is 1.39. The van der Waals surface area contributed by atoms with Gasteiger partial charge in [-0.05, 0) is 36.8 Å². The number of para-hydroxylation sites is 1. The molecule has 0 unspecified atom stereocenters. The second-order valence-electron chi connectivity index (χ2n) is 6.06. The smallest absolute Gasteiger partial charge is 0.262 e. The van der Waals surface area contributed by atoms with E-state index < -0.39 is 10.0 Å². The van der Waals surface area contributed by atoms with Gasteiger partial charge in [0.05, 0.1) is 16.1 Å². The molecule has 1 amide bonds. The first-order valence-corrected chi connectivity index (χ1v) is 10.0. The van der Waals surface area contributed by atoms with E-state index in [4.69, 9.17) is 0 Å². The molecule has 0 bridgehead atoms. The normalized spacial score (nSPS) is 10.9. The molecule has 0 aliphatic rings. The van der Waals surface area contributed by atoms with Gasteiger partial charge in [-0.25, -0.2) is 13.4 Å². The summed E-state index contributed by atoms with van der Waals surface area (Å²) in [6, 6.07) is 17.0. The Bertz CT molecular complexity index is 1100. The summed E-state index contributed by atoms with van der Waals surface area (Å²) in [4.78, 5) is 16.4. The summed E-state index contributed by atoms with van der Waals surface area (Å²) >= 11 is 0. The first kappa shape index (κ1) is 19.4. The number of benzene rings is 2. The topological polar surface area (TPSA) is 100 Å². The van der Waals surface area contributed by atoms with Crippen molar-refractivity contribution in [2.45, 2.75) is 11.8 Å². The van der Waals surface area contributed by atoms with Crippen molar-refractivity contribution in [3.05, 3.63) is 78.0 Å². The van der Waals surface area contributed by atoms with E-state index in [1.54, 1.807) is 18.2 Å². The second kappa shape index (κ2) is 8.10. The van der Waals surface area contributed by atoms with Gasteiger partial charge in [0.15, 0.2) is 5.82 Å². The van der Waals surface area contributed by atoms with E-state index in [2.05, 4.69) is 20.3 Å². The van der Waals surface area contributed by atoms with E-state index in [9.17, 15) is 13.2 Å². The molecule has 0 aliphatic heterocycles. The van der Waals surface area contributed by atoms with Crippen LogP contribution in [-0.2, 0) is 10.0 Å². The Balaban J connectivity index is 2.03. The van der Waals surface area contributed by atoms with Crippen molar-refractivity contribution in [1.29, 1.82) is 0 Å². The lowest BCUT2D eigenvalue weighted by Gasteiger charge is -2.15. The van der Waals surface area contributed by atoms with E-state index >= 15 is 0 Å². The standard InChI is InChI=1S/C20H20N4O3S/c1-14-8-6-7-11-17(14)23-19-18(12-15(13-22-19)20(25)21-2)24-28(26,27)16-9-4-3-5-10-16/h3-13,24H,1-2H3,(H,21,25)(H,22,23). The first-order valence-electron chi connectivity index (χ1n) is 8.53. The van der Waals surface area contributed by atoms with Crippen molar-refractivity contribution in [2.75, 3.05) is 17.1 Å². The van der Waals surface area contributed by atoms with Gasteiger partial charge >= 0.3 is 0 Å². The monoisotopic (exact) mass is 396 g/mol. The van der Waals surface area contributed by atoms with Crippen molar-refractivity contribution < 1.29 is 13.2 Å². The Morgan fingerprint density at radius 1 is 0.964 bits per heavy atom. The van der Waals surface area contributed by atoms with Crippen LogP contribution in [0.15, 0.2) is 71.8 Å². The fourth-order valence-electron chi connectivity index (χ4n) is 2.55. The summed E-state index contributed by atoms with van der Waals surface area (Å²) < 4.78 is 28.0. The molecule has 1 heterocycles. The van der Waals surface area contributed by atoms with Crippen LogP contribution in [0.2, 0.25) is 0 Å². The summed E-state index contributed by atoms with van der Waals surface area (Å²) in [5.74, 6) is -0.0726. The third-order valence-electron chi connectivity index (χ3n) is 4.07. The number of anilines is 3. The molecular formula is C20H20N4O3S. The number of pyridine rings is 1. The van der Waals surface area contributed by atoms with Gasteiger partial charge in [0, 0.05) is 18.9 Å². The van der Waals surface area contributed by atoms with Gasteiger partial charge in [-0.15, -0.1) is 0 Å². The van der Waals surface area contributed by atoms with Crippen LogP contribution in [0, 0.1) is 6.92 Å². The van der Waals surface area contributed by atoms with Crippen molar-refractivity contribution in [3.8, 4) is 0 Å². The van der Waals surface area contributed by atoms with Crippen LogP contribution in [-0.4, -0.2) is 26.4 Å². The van der Waals surface area contributed by atoms with Crippen molar-refractivity contribution in [2.24, 2.45) is 0 Å². The highest BCUT2D eigenvalue weighted by Crippen LogP contribution is 2.28. The van der Waals surface area contributed by atoms with Gasteiger partial charge in [-0.3, -0.25) is 9.52 Å². The highest BCUT2D eigenvalue weighted by Gasteiger charge is 2.18. The third-order valence-corrected chi connectivity index (χ3v) is 5.45. The van der Waals surface area contributed by atoms with Crippen molar-refractivity contribution in [1.82, 2.24) is 10.3 Å². The zero-order valence-corrected chi connectivity index (χ0v) is 16.2. The molecule has 3 rings (SSSR count). The summed E-state index contributed by atoms with van der Waals surface area (Å²) in [5, 5.41) is 5.63. The van der Waals surface area contributed by atoms with Gasteiger partial charge < -0.3 is 10.6 Å². The number of aryl methyl sites for hydroxylation is 1. The Morgan fingerprint density at radius 2 is 1.64 bits per heavy atom. The van der Waals surface area contributed by atoms with Gasteiger partial charge in [0.1, 0.15) is 0 Å². The zero-order valence-electron chi connectivity index (χ0n) is 15.4. The van der Waals surface area contributed by atoms with Crippen LogP contribution in [0.5, 0.6) is 0 Å². The quantitative estimate of drug-likeness (QED) is 0.594. The minimum atomic E-state index is -3.85. The van der Waals surface area contributed by atoms with Crippen molar-refractivity contribution >= 4 is 33.1 Å². The number of carbonyl (C=O) groups excluding carboxylic acids is 1. The lowest BCUT2D eigenvalue weighted by Crippen LogP contribution is -2.20. The van der Waals surface area contributed by atoms with Gasteiger partial charge in [-0.2, -0.15) is 0 Å². The minimum absolute atomic E-state index is 0.113. The zero-order chi connectivity index (χ0) is 20.1. The van der Waals surface area contributed by atoms with Gasteiger partial charge in [0.25, 0.3) is 15.9 Å². The average molecular weight is 396 g/mol. The van der Waals surface area contributed by atoms with E-state index in [1.165, 1.54) is 31.4 Å². The number of nitrogens with zero attached hydrogens (tertiary/aromatic N) is 1. The number of aromatic nitrogens is 1. The Labute approximate surface area is 163 Å². The molecule has 8 heteroatoms. The average Bonchev–Trinajstić information content (AvgIpc) is 2.70. The van der Waals surface area contributed by atoms with E-state index in [0.717, 1.165) is 11.3 Å². The van der Waals surface area contributed by atoms with Crippen molar-refractivity contribution in [3.63, 3.8) is 0 Å². The molecule has 0 saturated carbocycles. The van der Waals surface area contributed by atoms with Crippen LogP contribution in [0.4, 0.5) is 17.2 Å². The molecular weight excluding hydrogens is 376 g/mol. The number of hydrogen-bond acceptors (Lipinski definition) is 5. The molecule has 3 aromatic rings. The maximum atomic E-state index is 12.8. The molecule has 0 aliphatic carbocycles. The van der Waals surface area contributed by atoms with Crippen LogP contribution in [0.3, 0.4) is 0 Å². The fourth-order valence-corrected chi connectivity index (χ4v) is 3.63. The molecule has 1 aromatic heterocycles. The molecule has 7 nitrogen and oxygen atoms in total. The molecule has 0 saturated heterocycles. The Kier molecular flexibility index (Phi) is 5.60. The predicted molar refractivity (Wildman–Crippen MR) is 109 cm³/mol. The number of hydrogen-bond donors (Lipinski definition) is 3. The molecule has 0 fully saturated rings. The number of carbonyl (C=O) groups is 1. The minimum Gasteiger partial charge on any atom is -0.355 e. The Hall–Kier alpha value is -3.39. The summed E-state index contributed by atoms with van der Waals surface area (Å²) in [7, 11) is -2.35. The lowest BCUT2D eigenvalue weighted by molar-refractivity contribution is 0.0963. The van der Waals surface area contributed by atoms with Crippen LogP contribution in [0.1, 0.15) is 15.9 Å². The SMILES string of the molecule is CNC(=O)c1cnc(Nc2ccccc2C)c(NS(=O)(=O)c2ccccc2)c1. The third kappa shape index (κ3) is 4.29. The number of nitrogens with one attached hydrogen (secondary N) is 3. The maximum absolute atomic E-state index is 12.8. The highest BCUT2D eigenvalue weighted by molar-refractivity contribution is 7.92. The number of amides is 1. The highest BCUT2D eigenvalue weighted by atomic mass is 32.2. The number of rotatable bonds is 6. The molecule has 144 valence electrons. The molecule has 0 atom stereocenters. The number of sulfonamides is 1. The predicted octanol–water partition coefficient (Wildman–Crippen LogP) is 3.29. The summed E-state index contributed by atoms with van der Waals surface area (Å²) in [5.41, 5.74) is 2.16. The molecule has 28 heavy (non-hydrogen) atoms. The molecule has 2 aromatic carbocycles. The molecule has 0 spiro atoms. The second-order valence-corrected chi connectivity index (χ2v) is 7.74. The largest absolute Gasteiger partial charge is 0.355 e. The van der Waals surface area contributed by atoms with Gasteiger partial charge in [-0.1, -0.05) is 36.4 Å². The van der Waals surface area contributed by atoms with Gasteiger partial charge in [0.2, 0.25) is 0 Å². The van der Waals surface area contributed by atoms with Crippen LogP contribution in [0.25, 0.3) is 0 Å². The first-order chi connectivity index (χ1) is 13.4.